The van der Waals surface area contributed by atoms with Crippen molar-refractivity contribution >= 4 is 17.6 Å². The lowest BCUT2D eigenvalue weighted by atomic mass is 9.92. The molecule has 0 aliphatic carbocycles. The number of carbonyl (C=O) groups is 1. The molecule has 1 N–H and O–H groups in total. The lowest BCUT2D eigenvalue weighted by molar-refractivity contribution is -0.141. The van der Waals surface area contributed by atoms with Gasteiger partial charge in [-0.05, 0) is 48.6 Å². The second-order valence-electron chi connectivity index (χ2n) is 5.13. The van der Waals surface area contributed by atoms with Crippen molar-refractivity contribution in [2.24, 2.45) is 5.92 Å². The highest BCUT2D eigenvalue weighted by atomic mass is 35.5. The molecular formula is C17H16ClFO2. The molecule has 21 heavy (non-hydrogen) atoms. The minimum absolute atomic E-state index is 0.145. The molecule has 0 saturated heterocycles. The average molecular weight is 307 g/mol. The van der Waals surface area contributed by atoms with Crippen LogP contribution in [0.25, 0.3) is 0 Å². The minimum atomic E-state index is -0.949. The Hall–Kier alpha value is -1.87. The van der Waals surface area contributed by atoms with Gasteiger partial charge in [0, 0.05) is 5.02 Å². The van der Waals surface area contributed by atoms with E-state index < -0.39 is 11.9 Å². The van der Waals surface area contributed by atoms with Gasteiger partial charge in [0.1, 0.15) is 5.82 Å². The van der Waals surface area contributed by atoms with E-state index in [-0.39, 0.29) is 18.7 Å². The van der Waals surface area contributed by atoms with Crippen molar-refractivity contribution in [2.75, 3.05) is 0 Å². The summed E-state index contributed by atoms with van der Waals surface area (Å²) < 4.78 is 13.7. The summed E-state index contributed by atoms with van der Waals surface area (Å²) in [5.74, 6) is -2.03. The minimum Gasteiger partial charge on any atom is -0.481 e. The monoisotopic (exact) mass is 306 g/mol. The molecule has 0 bridgehead atoms. The topological polar surface area (TPSA) is 37.3 Å². The normalized spacial score (nSPS) is 12.1. The van der Waals surface area contributed by atoms with Crippen LogP contribution < -0.4 is 0 Å². The van der Waals surface area contributed by atoms with Gasteiger partial charge in [0.25, 0.3) is 0 Å². The summed E-state index contributed by atoms with van der Waals surface area (Å²) in [5, 5.41) is 9.92. The molecule has 110 valence electrons. The maximum absolute atomic E-state index is 13.7. The van der Waals surface area contributed by atoms with E-state index in [1.807, 2.05) is 19.1 Å². The molecule has 0 fully saturated rings. The summed E-state index contributed by atoms with van der Waals surface area (Å²) in [4.78, 5) is 11.4. The van der Waals surface area contributed by atoms with Crippen LogP contribution in [0.5, 0.6) is 0 Å². The Morgan fingerprint density at radius 2 is 1.86 bits per heavy atom. The summed E-state index contributed by atoms with van der Waals surface area (Å²) in [7, 11) is 0. The second kappa shape index (κ2) is 6.72. The molecule has 0 aliphatic rings. The first-order valence-corrected chi connectivity index (χ1v) is 7.06. The van der Waals surface area contributed by atoms with Crippen LogP contribution in [0, 0.1) is 18.7 Å². The molecule has 2 nitrogen and oxygen atoms in total. The zero-order valence-electron chi connectivity index (χ0n) is 11.6. The highest BCUT2D eigenvalue weighted by molar-refractivity contribution is 6.31. The Balaban J connectivity index is 2.20. The average Bonchev–Trinajstić information content (AvgIpc) is 2.42. The quantitative estimate of drug-likeness (QED) is 0.895. The predicted molar refractivity (Wildman–Crippen MR) is 81.1 cm³/mol. The van der Waals surface area contributed by atoms with Crippen molar-refractivity contribution in [3.05, 3.63) is 70.0 Å². The van der Waals surface area contributed by atoms with Gasteiger partial charge >= 0.3 is 5.97 Å². The van der Waals surface area contributed by atoms with Gasteiger partial charge in [-0.2, -0.15) is 0 Å². The van der Waals surface area contributed by atoms with E-state index in [0.717, 1.165) is 11.1 Å². The zero-order valence-corrected chi connectivity index (χ0v) is 12.4. The molecule has 4 heteroatoms. The fraction of sp³-hybridized carbons (Fsp3) is 0.235. The van der Waals surface area contributed by atoms with Crippen LogP contribution in [0.3, 0.4) is 0 Å². The Labute approximate surface area is 128 Å². The van der Waals surface area contributed by atoms with E-state index >= 15 is 0 Å². The van der Waals surface area contributed by atoms with Crippen LogP contribution in [0.4, 0.5) is 4.39 Å². The molecule has 1 unspecified atom stereocenters. The van der Waals surface area contributed by atoms with Crippen molar-refractivity contribution in [1.82, 2.24) is 0 Å². The number of carboxylic acids is 1. The first kappa shape index (κ1) is 15.5. The summed E-state index contributed by atoms with van der Waals surface area (Å²) in [6.45, 7) is 1.92. The number of benzene rings is 2. The van der Waals surface area contributed by atoms with Gasteiger partial charge in [-0.25, -0.2) is 4.39 Å². The molecule has 0 radical (unpaired) electrons. The van der Waals surface area contributed by atoms with E-state index in [1.165, 1.54) is 6.07 Å². The molecule has 2 aromatic rings. The molecule has 0 spiro atoms. The molecule has 2 rings (SSSR count). The van der Waals surface area contributed by atoms with Crippen LogP contribution in [-0.2, 0) is 17.6 Å². The van der Waals surface area contributed by atoms with Gasteiger partial charge in [-0.15, -0.1) is 0 Å². The fourth-order valence-electron chi connectivity index (χ4n) is 2.26. The third-order valence-corrected chi connectivity index (χ3v) is 3.80. The first-order valence-electron chi connectivity index (χ1n) is 6.68. The Kier molecular flexibility index (Phi) is 4.97. The largest absolute Gasteiger partial charge is 0.481 e. The van der Waals surface area contributed by atoms with Gasteiger partial charge in [-0.1, -0.05) is 41.9 Å². The number of carboxylic acid groups (broad SMARTS) is 1. The van der Waals surface area contributed by atoms with Gasteiger partial charge < -0.3 is 5.11 Å². The van der Waals surface area contributed by atoms with Crippen molar-refractivity contribution < 1.29 is 14.3 Å². The van der Waals surface area contributed by atoms with Crippen molar-refractivity contribution in [3.63, 3.8) is 0 Å². The third kappa shape index (κ3) is 4.05. The third-order valence-electron chi connectivity index (χ3n) is 3.45. The smallest absolute Gasteiger partial charge is 0.307 e. The fourth-order valence-corrected chi connectivity index (χ4v) is 2.57. The molecule has 2 aromatic carbocycles. The maximum atomic E-state index is 13.7. The highest BCUT2D eigenvalue weighted by Crippen LogP contribution is 2.23. The summed E-state index contributed by atoms with van der Waals surface area (Å²) in [5.41, 5.74) is 2.20. The molecule has 0 aliphatic heterocycles. The summed E-state index contributed by atoms with van der Waals surface area (Å²) >= 11 is 6.15. The Morgan fingerprint density at radius 3 is 2.48 bits per heavy atom. The Bertz CT molecular complexity index is 655. The van der Waals surface area contributed by atoms with Gasteiger partial charge in [0.15, 0.2) is 0 Å². The maximum Gasteiger partial charge on any atom is 0.307 e. The number of aliphatic carboxylic acids is 1. The zero-order chi connectivity index (χ0) is 15.4. The molecule has 0 saturated carbocycles. The number of aryl methyl sites for hydroxylation is 1. The number of hydrogen-bond donors (Lipinski definition) is 1. The van der Waals surface area contributed by atoms with E-state index in [2.05, 4.69) is 0 Å². The van der Waals surface area contributed by atoms with Crippen molar-refractivity contribution in [2.45, 2.75) is 19.8 Å². The SMILES string of the molecule is Cc1ccc(CC(Cc2ccccc2F)C(=O)O)c(Cl)c1. The van der Waals surface area contributed by atoms with E-state index in [0.29, 0.717) is 10.6 Å². The number of hydrogen-bond acceptors (Lipinski definition) is 1. The van der Waals surface area contributed by atoms with Gasteiger partial charge in [0.05, 0.1) is 5.92 Å². The molecule has 1 atom stereocenters. The second-order valence-corrected chi connectivity index (χ2v) is 5.54. The van der Waals surface area contributed by atoms with Crippen molar-refractivity contribution in [1.29, 1.82) is 0 Å². The molecule has 0 heterocycles. The van der Waals surface area contributed by atoms with E-state index in [9.17, 15) is 14.3 Å². The predicted octanol–water partition coefficient (Wildman–Crippen LogP) is 4.27. The van der Waals surface area contributed by atoms with Crippen molar-refractivity contribution in [3.8, 4) is 0 Å². The number of rotatable bonds is 5. The highest BCUT2D eigenvalue weighted by Gasteiger charge is 2.21. The van der Waals surface area contributed by atoms with Crippen LogP contribution in [0.2, 0.25) is 5.02 Å². The summed E-state index contributed by atoms with van der Waals surface area (Å²) in [6.07, 6.45) is 0.426. The number of halogens is 2. The van der Waals surface area contributed by atoms with Crippen LogP contribution in [-0.4, -0.2) is 11.1 Å². The molecule has 0 aromatic heterocycles. The lowest BCUT2D eigenvalue weighted by Gasteiger charge is -2.14. The van der Waals surface area contributed by atoms with Gasteiger partial charge in [0.2, 0.25) is 0 Å². The van der Waals surface area contributed by atoms with Gasteiger partial charge in [-0.3, -0.25) is 4.79 Å². The first-order chi connectivity index (χ1) is 9.97. The lowest BCUT2D eigenvalue weighted by Crippen LogP contribution is -2.20. The van der Waals surface area contributed by atoms with Crippen LogP contribution in [0.1, 0.15) is 16.7 Å². The summed E-state index contributed by atoms with van der Waals surface area (Å²) in [6, 6.07) is 11.8. The Morgan fingerprint density at radius 1 is 1.19 bits per heavy atom. The van der Waals surface area contributed by atoms with E-state index in [4.69, 9.17) is 11.6 Å². The molecular weight excluding hydrogens is 291 g/mol. The van der Waals surface area contributed by atoms with Crippen LogP contribution >= 0.6 is 11.6 Å². The van der Waals surface area contributed by atoms with E-state index in [1.54, 1.807) is 24.3 Å². The molecule has 0 amide bonds. The van der Waals surface area contributed by atoms with Crippen LogP contribution in [0.15, 0.2) is 42.5 Å². The standard InChI is InChI=1S/C17H16ClFO2/c1-11-6-7-12(15(18)8-11)9-14(17(20)21)10-13-4-2-3-5-16(13)19/h2-8,14H,9-10H2,1H3,(H,20,21).